The number of benzene rings is 2. The van der Waals surface area contributed by atoms with E-state index in [0.29, 0.717) is 22.2 Å². The van der Waals surface area contributed by atoms with Crippen LogP contribution in [0.2, 0.25) is 0 Å². The third kappa shape index (κ3) is 3.18. The van der Waals surface area contributed by atoms with Crippen molar-refractivity contribution in [1.82, 2.24) is 15.3 Å². The van der Waals surface area contributed by atoms with Gasteiger partial charge in [-0.1, -0.05) is 36.9 Å². The minimum atomic E-state index is -0.488. The number of carbonyl (C=O) groups is 2. The molecule has 0 saturated heterocycles. The molecule has 6 nitrogen and oxygen atoms in total. The van der Waals surface area contributed by atoms with Gasteiger partial charge >= 0.3 is 0 Å². The predicted octanol–water partition coefficient (Wildman–Crippen LogP) is 2.17. The third-order valence-corrected chi connectivity index (χ3v) is 5.22. The second-order valence-electron chi connectivity index (χ2n) is 7.15. The molecule has 0 aliphatic carbocycles. The van der Waals surface area contributed by atoms with E-state index in [2.05, 4.69) is 21.9 Å². The zero-order valence-corrected chi connectivity index (χ0v) is 16.8. The molecule has 4 aromatic rings. The summed E-state index contributed by atoms with van der Waals surface area (Å²) >= 11 is 0. The first-order chi connectivity index (χ1) is 14.4. The van der Waals surface area contributed by atoms with Crippen LogP contribution in [0.15, 0.2) is 48.5 Å². The second-order valence-corrected chi connectivity index (χ2v) is 7.15. The molecule has 4 rings (SSSR count). The average molecular weight is 398 g/mol. The highest BCUT2D eigenvalue weighted by molar-refractivity contribution is 6.03. The maximum Gasteiger partial charge on any atom is 0.251 e. The number of H-pyrrole nitrogens is 2. The van der Waals surface area contributed by atoms with Gasteiger partial charge in [-0.3, -0.25) is 9.59 Å². The van der Waals surface area contributed by atoms with Gasteiger partial charge in [-0.05, 0) is 36.8 Å². The molecule has 2 aromatic heterocycles. The molecule has 0 saturated carbocycles. The molecule has 150 valence electrons. The fourth-order valence-corrected chi connectivity index (χ4v) is 3.83. The zero-order chi connectivity index (χ0) is 21.4. The van der Waals surface area contributed by atoms with Crippen molar-refractivity contribution in [3.8, 4) is 11.1 Å². The lowest BCUT2D eigenvalue weighted by Crippen LogP contribution is -2.21. The molecule has 0 aliphatic rings. The van der Waals surface area contributed by atoms with E-state index in [4.69, 9.17) is 5.73 Å². The fourth-order valence-electron chi connectivity index (χ4n) is 3.83. The van der Waals surface area contributed by atoms with E-state index in [0.717, 1.165) is 32.9 Å². The van der Waals surface area contributed by atoms with Crippen LogP contribution in [0.25, 0.3) is 34.7 Å². The summed E-state index contributed by atoms with van der Waals surface area (Å²) in [4.78, 5) is 30.8. The van der Waals surface area contributed by atoms with Crippen molar-refractivity contribution < 1.29 is 9.59 Å². The van der Waals surface area contributed by atoms with E-state index in [1.807, 2.05) is 55.5 Å². The quantitative estimate of drug-likeness (QED) is 0.423. The number of nitrogens with one attached hydrogen (secondary N) is 3. The molecule has 0 fully saturated rings. The molecule has 2 amide bonds. The third-order valence-electron chi connectivity index (χ3n) is 5.22. The Hall–Kier alpha value is -4.06. The predicted molar refractivity (Wildman–Crippen MR) is 120 cm³/mol. The van der Waals surface area contributed by atoms with Crippen LogP contribution in [0, 0.1) is 6.92 Å². The van der Waals surface area contributed by atoms with Gasteiger partial charge in [0.25, 0.3) is 11.8 Å². The SMILES string of the molecule is C=c1[nH]c2ccc(C(=O)NC)cc2/c1=C/c1[nH]c(C)c(C(N)=O)c1-c1ccccc1. The molecule has 0 radical (unpaired) electrons. The Labute approximate surface area is 173 Å². The minimum absolute atomic E-state index is 0.161. The second kappa shape index (κ2) is 7.40. The van der Waals surface area contributed by atoms with E-state index >= 15 is 0 Å². The van der Waals surface area contributed by atoms with Crippen molar-refractivity contribution in [2.45, 2.75) is 6.92 Å². The first kappa shape index (κ1) is 19.3. The monoisotopic (exact) mass is 398 g/mol. The molecule has 0 bridgehead atoms. The van der Waals surface area contributed by atoms with Crippen LogP contribution in [0.5, 0.6) is 0 Å². The van der Waals surface area contributed by atoms with Crippen LogP contribution < -0.4 is 21.6 Å². The van der Waals surface area contributed by atoms with E-state index in [1.54, 1.807) is 13.1 Å². The van der Waals surface area contributed by atoms with Crippen LogP contribution in [0.3, 0.4) is 0 Å². The summed E-state index contributed by atoms with van der Waals surface area (Å²) in [6.07, 6.45) is 1.94. The number of hydrogen-bond acceptors (Lipinski definition) is 2. The highest BCUT2D eigenvalue weighted by Crippen LogP contribution is 2.30. The molecule has 5 N–H and O–H groups in total. The number of fused-ring (bicyclic) bond motifs is 1. The highest BCUT2D eigenvalue weighted by atomic mass is 16.1. The van der Waals surface area contributed by atoms with Crippen molar-refractivity contribution in [3.05, 3.63) is 81.6 Å². The average Bonchev–Trinajstić information content (AvgIpc) is 3.24. The number of aryl methyl sites for hydroxylation is 1. The lowest BCUT2D eigenvalue weighted by Gasteiger charge is -2.04. The van der Waals surface area contributed by atoms with Crippen LogP contribution >= 0.6 is 0 Å². The van der Waals surface area contributed by atoms with Crippen LogP contribution in [0.1, 0.15) is 32.1 Å². The summed E-state index contributed by atoms with van der Waals surface area (Å²) in [7, 11) is 1.60. The standard InChI is InChI=1S/C24H22N4O2/c1-13-17(18-11-16(24(30)26-3)9-10-19(18)27-13)12-20-22(15-7-5-4-6-8-15)21(23(25)29)14(2)28-20/h4-12,27-28H,1H2,2-3H3,(H2,25,29)(H,26,30)/b17-12+. The molecule has 6 heteroatoms. The van der Waals surface area contributed by atoms with Gasteiger partial charge in [0.1, 0.15) is 0 Å². The van der Waals surface area contributed by atoms with Gasteiger partial charge in [0.05, 0.1) is 5.56 Å². The fraction of sp³-hybridized carbons (Fsp3) is 0.0833. The normalized spacial score (nSPS) is 11.7. The summed E-state index contributed by atoms with van der Waals surface area (Å²) in [6, 6.07) is 15.1. The van der Waals surface area contributed by atoms with Crippen molar-refractivity contribution >= 4 is 35.4 Å². The van der Waals surface area contributed by atoms with Gasteiger partial charge in [0.2, 0.25) is 0 Å². The Morgan fingerprint density at radius 2 is 1.83 bits per heavy atom. The van der Waals surface area contributed by atoms with Crippen molar-refractivity contribution in [2.24, 2.45) is 5.73 Å². The Kier molecular flexibility index (Phi) is 4.75. The first-order valence-electron chi connectivity index (χ1n) is 9.53. The van der Waals surface area contributed by atoms with Gasteiger partial charge in [-0.15, -0.1) is 0 Å². The number of aromatic amines is 2. The topological polar surface area (TPSA) is 104 Å². The minimum Gasteiger partial charge on any atom is -0.366 e. The highest BCUT2D eigenvalue weighted by Gasteiger charge is 2.19. The van der Waals surface area contributed by atoms with Gasteiger partial charge in [0.15, 0.2) is 0 Å². The van der Waals surface area contributed by atoms with E-state index in [-0.39, 0.29) is 5.91 Å². The molecular weight excluding hydrogens is 376 g/mol. The summed E-state index contributed by atoms with van der Waals surface area (Å²) in [5.41, 5.74) is 10.7. The van der Waals surface area contributed by atoms with Gasteiger partial charge in [-0.2, -0.15) is 0 Å². The van der Waals surface area contributed by atoms with Gasteiger partial charge < -0.3 is 21.0 Å². The Bertz CT molecular complexity index is 1390. The van der Waals surface area contributed by atoms with Crippen LogP contribution in [-0.2, 0) is 0 Å². The summed E-state index contributed by atoms with van der Waals surface area (Å²) in [6.45, 7) is 5.95. The van der Waals surface area contributed by atoms with Crippen LogP contribution in [0.4, 0.5) is 0 Å². The lowest BCUT2D eigenvalue weighted by molar-refractivity contribution is 0.0961. The molecular formula is C24H22N4O2. The smallest absolute Gasteiger partial charge is 0.251 e. The van der Waals surface area contributed by atoms with Gasteiger partial charge in [0, 0.05) is 51.0 Å². The van der Waals surface area contributed by atoms with Gasteiger partial charge in [-0.25, -0.2) is 0 Å². The first-order valence-corrected chi connectivity index (χ1v) is 9.53. The Balaban J connectivity index is 2.03. The molecule has 30 heavy (non-hydrogen) atoms. The summed E-state index contributed by atoms with van der Waals surface area (Å²) in [5.74, 6) is -0.649. The van der Waals surface area contributed by atoms with Crippen LogP contribution in [-0.4, -0.2) is 28.8 Å². The van der Waals surface area contributed by atoms with E-state index < -0.39 is 5.91 Å². The molecule has 0 atom stereocenters. The van der Waals surface area contributed by atoms with E-state index in [9.17, 15) is 9.59 Å². The molecule has 0 spiro atoms. The largest absolute Gasteiger partial charge is 0.366 e. The molecule has 2 aromatic carbocycles. The van der Waals surface area contributed by atoms with Crippen molar-refractivity contribution in [2.75, 3.05) is 7.05 Å². The van der Waals surface area contributed by atoms with Crippen molar-refractivity contribution in [3.63, 3.8) is 0 Å². The number of rotatable bonds is 4. The van der Waals surface area contributed by atoms with Crippen molar-refractivity contribution in [1.29, 1.82) is 0 Å². The summed E-state index contributed by atoms with van der Waals surface area (Å²) < 4.78 is 0. The zero-order valence-electron chi connectivity index (χ0n) is 16.8. The molecule has 2 heterocycles. The Morgan fingerprint density at radius 3 is 2.50 bits per heavy atom. The molecule has 0 aliphatic heterocycles. The summed E-state index contributed by atoms with van der Waals surface area (Å²) in [5, 5.41) is 5.06. The number of primary amides is 1. The number of aromatic nitrogens is 2. The number of nitrogens with two attached hydrogens (primary N) is 1. The number of hydrogen-bond donors (Lipinski definition) is 4. The Morgan fingerprint density at radius 1 is 1.10 bits per heavy atom. The molecule has 0 unspecified atom stereocenters. The van der Waals surface area contributed by atoms with E-state index in [1.165, 1.54) is 0 Å². The number of carbonyl (C=O) groups excluding carboxylic acids is 2. The lowest BCUT2D eigenvalue weighted by atomic mass is 9.99. The maximum atomic E-state index is 12.2. The number of amides is 2. The maximum absolute atomic E-state index is 12.2.